The van der Waals surface area contributed by atoms with E-state index in [2.05, 4.69) is 22.1 Å². The number of carbonyl (C=O) groups is 1. The van der Waals surface area contributed by atoms with Crippen molar-refractivity contribution in [3.05, 3.63) is 62.2 Å². The minimum absolute atomic E-state index is 0.106. The number of amides is 1. The Morgan fingerprint density at radius 3 is 2.08 bits per heavy atom. The summed E-state index contributed by atoms with van der Waals surface area (Å²) in [6, 6.07) is 10.1. The van der Waals surface area contributed by atoms with Crippen molar-refractivity contribution in [2.24, 2.45) is 0 Å². The van der Waals surface area contributed by atoms with Crippen LogP contribution >= 0.6 is 34.4 Å². The zero-order chi connectivity index (χ0) is 17.6. The zero-order valence-electron chi connectivity index (χ0n) is 14.1. The number of nitrogens with zero attached hydrogens (tertiary/aromatic N) is 3. The van der Waals surface area contributed by atoms with Gasteiger partial charge in [0.25, 0.3) is 0 Å². The number of aromatic nitrogens is 2. The topological polar surface area (TPSA) is 46.1 Å². The molecule has 0 fully saturated rings. The Bertz CT molecular complexity index is 760. The highest BCUT2D eigenvalue weighted by Crippen LogP contribution is 2.20. The molecule has 0 spiro atoms. The average Bonchev–Trinajstić information content (AvgIpc) is 3.25. The zero-order valence-corrected chi connectivity index (χ0v) is 16.6. The number of hydrogen-bond acceptors (Lipinski definition) is 6. The number of thioether (sulfide) groups is 1. The quantitative estimate of drug-likeness (QED) is 0.440. The molecule has 130 valence electrons. The number of rotatable bonds is 7. The van der Waals surface area contributed by atoms with E-state index in [0.29, 0.717) is 24.0 Å². The van der Waals surface area contributed by atoms with Gasteiger partial charge in [-0.05, 0) is 42.8 Å². The Labute approximate surface area is 159 Å². The number of hydrogen-bond donors (Lipinski definition) is 0. The molecule has 0 saturated carbocycles. The molecule has 0 aliphatic heterocycles. The molecule has 0 radical (unpaired) electrons. The van der Waals surface area contributed by atoms with E-state index in [-0.39, 0.29) is 5.91 Å². The van der Waals surface area contributed by atoms with E-state index >= 15 is 0 Å². The SMILES string of the molecule is Cc1cc(C)nc(SCC(=O)N(Cc2cccs2)Cc2cccs2)n1. The third kappa shape index (κ3) is 5.39. The molecule has 0 atom stereocenters. The van der Waals surface area contributed by atoms with E-state index in [1.807, 2.05) is 47.7 Å². The van der Waals surface area contributed by atoms with Crippen LogP contribution in [0.1, 0.15) is 21.1 Å². The van der Waals surface area contributed by atoms with Gasteiger partial charge >= 0.3 is 0 Å². The molecular weight excluding hydrogens is 370 g/mol. The summed E-state index contributed by atoms with van der Waals surface area (Å²) in [5.74, 6) is 0.453. The van der Waals surface area contributed by atoms with Crippen molar-refractivity contribution in [2.75, 3.05) is 5.75 Å². The van der Waals surface area contributed by atoms with Crippen LogP contribution in [0.3, 0.4) is 0 Å². The monoisotopic (exact) mass is 389 g/mol. The maximum Gasteiger partial charge on any atom is 0.233 e. The molecule has 0 saturated heterocycles. The Hall–Kier alpha value is -1.70. The highest BCUT2D eigenvalue weighted by molar-refractivity contribution is 7.99. The molecule has 3 aromatic rings. The van der Waals surface area contributed by atoms with Crippen molar-refractivity contribution in [2.45, 2.75) is 32.1 Å². The maximum atomic E-state index is 12.8. The van der Waals surface area contributed by atoms with Gasteiger partial charge in [-0.3, -0.25) is 4.79 Å². The van der Waals surface area contributed by atoms with Crippen molar-refractivity contribution < 1.29 is 4.79 Å². The summed E-state index contributed by atoms with van der Waals surface area (Å²) in [6.07, 6.45) is 0. The lowest BCUT2D eigenvalue weighted by molar-refractivity contribution is -0.129. The number of aryl methyl sites for hydroxylation is 2. The highest BCUT2D eigenvalue weighted by atomic mass is 32.2. The smallest absolute Gasteiger partial charge is 0.233 e. The maximum absolute atomic E-state index is 12.8. The lowest BCUT2D eigenvalue weighted by Crippen LogP contribution is -2.31. The first-order chi connectivity index (χ1) is 12.1. The second-order valence-corrected chi connectivity index (χ2v) is 8.64. The molecule has 3 rings (SSSR count). The Morgan fingerprint density at radius 2 is 1.60 bits per heavy atom. The van der Waals surface area contributed by atoms with Gasteiger partial charge in [-0.15, -0.1) is 22.7 Å². The van der Waals surface area contributed by atoms with E-state index in [0.717, 1.165) is 11.4 Å². The lowest BCUT2D eigenvalue weighted by Gasteiger charge is -2.21. The molecule has 7 heteroatoms. The second kappa shape index (κ2) is 8.60. The van der Waals surface area contributed by atoms with E-state index in [4.69, 9.17) is 0 Å². The Morgan fingerprint density at radius 1 is 1.04 bits per heavy atom. The van der Waals surface area contributed by atoms with Gasteiger partial charge in [0.2, 0.25) is 5.91 Å². The normalized spacial score (nSPS) is 10.8. The first-order valence-electron chi connectivity index (χ1n) is 7.88. The summed E-state index contributed by atoms with van der Waals surface area (Å²) in [7, 11) is 0. The summed E-state index contributed by atoms with van der Waals surface area (Å²) in [5, 5.41) is 4.75. The summed E-state index contributed by atoms with van der Waals surface area (Å²) in [5.41, 5.74) is 1.85. The van der Waals surface area contributed by atoms with Crippen LogP contribution in [0.25, 0.3) is 0 Å². The van der Waals surface area contributed by atoms with Gasteiger partial charge in [-0.1, -0.05) is 23.9 Å². The minimum Gasteiger partial charge on any atom is -0.332 e. The van der Waals surface area contributed by atoms with Crippen LogP contribution in [0, 0.1) is 13.8 Å². The fourth-order valence-electron chi connectivity index (χ4n) is 2.39. The molecule has 4 nitrogen and oxygen atoms in total. The molecule has 0 aliphatic rings. The van der Waals surface area contributed by atoms with Crippen LogP contribution in [0.2, 0.25) is 0 Å². The third-order valence-corrected chi connectivity index (χ3v) is 6.05. The van der Waals surface area contributed by atoms with Gasteiger partial charge in [0.1, 0.15) is 0 Å². The highest BCUT2D eigenvalue weighted by Gasteiger charge is 2.17. The number of thiophene rings is 2. The second-order valence-electron chi connectivity index (χ2n) is 5.63. The summed E-state index contributed by atoms with van der Waals surface area (Å²) in [4.78, 5) is 25.9. The fraction of sp³-hybridized carbons (Fsp3) is 0.278. The largest absolute Gasteiger partial charge is 0.332 e. The van der Waals surface area contributed by atoms with Gasteiger partial charge < -0.3 is 4.90 Å². The molecule has 3 heterocycles. The molecular formula is C18H19N3OS3. The van der Waals surface area contributed by atoms with E-state index < -0.39 is 0 Å². The van der Waals surface area contributed by atoms with E-state index in [1.54, 1.807) is 22.7 Å². The van der Waals surface area contributed by atoms with E-state index in [1.165, 1.54) is 21.5 Å². The Balaban J connectivity index is 1.67. The molecule has 1 amide bonds. The van der Waals surface area contributed by atoms with Crippen molar-refractivity contribution in [3.63, 3.8) is 0 Å². The third-order valence-electron chi connectivity index (χ3n) is 3.49. The predicted octanol–water partition coefficient (Wildman–Crippen LogP) is 4.54. The van der Waals surface area contributed by atoms with Crippen molar-refractivity contribution in [1.82, 2.24) is 14.9 Å². The Kier molecular flexibility index (Phi) is 6.23. The van der Waals surface area contributed by atoms with E-state index in [9.17, 15) is 4.79 Å². The molecule has 25 heavy (non-hydrogen) atoms. The molecule has 0 aromatic carbocycles. The average molecular weight is 390 g/mol. The van der Waals surface area contributed by atoms with Crippen LogP contribution in [0.5, 0.6) is 0 Å². The molecule has 0 bridgehead atoms. The van der Waals surface area contributed by atoms with Gasteiger partial charge in [-0.2, -0.15) is 0 Å². The summed E-state index contributed by atoms with van der Waals surface area (Å²) in [6.45, 7) is 5.17. The van der Waals surface area contributed by atoms with Gasteiger partial charge in [0, 0.05) is 21.1 Å². The first kappa shape index (κ1) is 18.1. The molecule has 0 N–H and O–H groups in total. The first-order valence-corrected chi connectivity index (χ1v) is 10.6. The number of carbonyl (C=O) groups excluding carboxylic acids is 1. The molecule has 0 aliphatic carbocycles. The van der Waals surface area contributed by atoms with Crippen LogP contribution in [-0.2, 0) is 17.9 Å². The van der Waals surface area contributed by atoms with Crippen molar-refractivity contribution >= 4 is 40.3 Å². The predicted molar refractivity (Wildman–Crippen MR) is 105 cm³/mol. The van der Waals surface area contributed by atoms with Crippen molar-refractivity contribution in [3.8, 4) is 0 Å². The summed E-state index contributed by atoms with van der Waals surface area (Å²) < 4.78 is 0. The van der Waals surface area contributed by atoms with Gasteiger partial charge in [0.05, 0.1) is 18.8 Å². The lowest BCUT2D eigenvalue weighted by atomic mass is 10.3. The standard InChI is InChI=1S/C18H19N3OS3/c1-13-9-14(2)20-18(19-13)25-12-17(22)21(10-15-5-3-7-23-15)11-16-6-4-8-24-16/h3-9H,10-12H2,1-2H3. The van der Waals surface area contributed by atoms with Crippen LogP contribution in [0.4, 0.5) is 0 Å². The van der Waals surface area contributed by atoms with Crippen LogP contribution in [-0.4, -0.2) is 26.5 Å². The minimum atomic E-state index is 0.106. The van der Waals surface area contributed by atoms with Crippen LogP contribution < -0.4 is 0 Å². The van der Waals surface area contributed by atoms with Crippen molar-refractivity contribution in [1.29, 1.82) is 0 Å². The van der Waals surface area contributed by atoms with Crippen LogP contribution in [0.15, 0.2) is 46.2 Å². The fourth-order valence-corrected chi connectivity index (χ4v) is 4.68. The molecule has 3 aromatic heterocycles. The van der Waals surface area contributed by atoms with Gasteiger partial charge in [0.15, 0.2) is 5.16 Å². The molecule has 0 unspecified atom stereocenters. The summed E-state index contributed by atoms with van der Waals surface area (Å²) >= 11 is 4.76. The van der Waals surface area contributed by atoms with Gasteiger partial charge in [-0.25, -0.2) is 9.97 Å².